The summed E-state index contributed by atoms with van der Waals surface area (Å²) < 4.78 is 268. The van der Waals surface area contributed by atoms with Crippen LogP contribution in [0.5, 0.6) is 0 Å². The Balaban J connectivity index is 6.77. The number of hydrogen-bond acceptors (Lipinski definition) is 1. The summed E-state index contributed by atoms with van der Waals surface area (Å²) in [5, 5.41) is -7.03. The fourth-order valence-electron chi connectivity index (χ4n) is 1.43. The minimum atomic E-state index is -9.03. The van der Waals surface area contributed by atoms with Crippen LogP contribution in [0.3, 0.4) is 0 Å². The predicted molar refractivity (Wildman–Crippen MR) is 57.5 cm³/mol. The van der Waals surface area contributed by atoms with Gasteiger partial charge in [0, 0.05) is 0 Å². The van der Waals surface area contributed by atoms with Crippen molar-refractivity contribution in [1.82, 2.24) is 0 Å². The third-order valence-corrected chi connectivity index (χ3v) is 3.52. The monoisotopic (exact) mass is 570 g/mol. The van der Waals surface area contributed by atoms with E-state index in [2.05, 4.69) is 11.6 Å². The van der Waals surface area contributed by atoms with Crippen molar-refractivity contribution in [1.29, 1.82) is 0 Å². The summed E-state index contributed by atoms with van der Waals surface area (Å²) in [4.78, 5) is 0. The molecule has 0 amide bonds. The van der Waals surface area contributed by atoms with E-state index >= 15 is 0 Å². The van der Waals surface area contributed by atoms with Gasteiger partial charge in [-0.3, -0.25) is 0 Å². The Morgan fingerprint density at radius 2 is 0.576 bits per heavy atom. The molecule has 0 heterocycles. The summed E-state index contributed by atoms with van der Waals surface area (Å²) in [6, 6.07) is 0. The van der Waals surface area contributed by atoms with Crippen LogP contribution < -0.4 is 0 Å². The molecule has 200 valence electrons. The molecule has 0 aliphatic rings. The maximum Gasteiger partial charge on any atom is 0.483 e. The molecule has 33 heavy (non-hydrogen) atoms. The van der Waals surface area contributed by atoms with E-state index in [0.29, 0.717) is 0 Å². The van der Waals surface area contributed by atoms with Crippen molar-refractivity contribution in [3.05, 3.63) is 0 Å². The Hall–Kier alpha value is -1.22. The average Bonchev–Trinajstić information content (AvgIpc) is 2.50. The number of alkyl halides is 22. The van der Waals surface area contributed by atoms with Crippen LogP contribution >= 0.6 is 11.6 Å². The molecule has 0 aromatic heterocycles. The lowest BCUT2D eigenvalue weighted by molar-refractivity contribution is -0.518. The summed E-state index contributed by atoms with van der Waals surface area (Å²) in [5.41, 5.74) is 0. The highest BCUT2D eigenvalue weighted by Crippen LogP contribution is 2.64. The smallest absolute Gasteiger partial charge is 0.243 e. The molecular weight excluding hydrogens is 571 g/mol. The lowest BCUT2D eigenvalue weighted by Gasteiger charge is -2.43. The molecule has 0 saturated carbocycles. The van der Waals surface area contributed by atoms with E-state index < -0.39 is 59.3 Å². The molecule has 0 aromatic rings. The Morgan fingerprint density at radius 3 is 0.818 bits per heavy atom. The van der Waals surface area contributed by atoms with Gasteiger partial charge in [0.1, 0.15) is 0 Å². The highest BCUT2D eigenvalue weighted by atomic mass is 35.5. The zero-order chi connectivity index (χ0) is 27.7. The van der Waals surface area contributed by atoms with Crippen LogP contribution in [0.4, 0.5) is 92.2 Å². The van der Waals surface area contributed by atoms with E-state index in [0.717, 1.165) is 4.74 Å². The molecule has 0 unspecified atom stereocenters. The van der Waals surface area contributed by atoms with Crippen LogP contribution in [0, 0.1) is 0 Å². The molecule has 0 N–H and O–H groups in total. The molecule has 0 aliphatic carbocycles. The first kappa shape index (κ1) is 31.8. The van der Waals surface area contributed by atoms with Crippen LogP contribution in [0.1, 0.15) is 0 Å². The maximum atomic E-state index is 13.2. The molecule has 0 aliphatic heterocycles. The summed E-state index contributed by atoms with van der Waals surface area (Å²) >= 11 is 3.25. The second-order valence-electron chi connectivity index (χ2n) is 5.58. The van der Waals surface area contributed by atoms with E-state index in [1.807, 2.05) is 0 Å². The zero-order valence-corrected chi connectivity index (χ0v) is 14.5. The van der Waals surface area contributed by atoms with Crippen LogP contribution in [0.25, 0.3) is 0 Å². The Bertz CT molecular complexity index is 714. The first-order valence-electron chi connectivity index (χ1n) is 6.57. The standard InChI is InChI=1S/C10ClF21O/c11-7(24,25)5(20,21)3(16,17)1(12,13)2(14,15)4(18,19)6(22,23)9(29,30)33-10(31,32)8(26,27)28. The quantitative estimate of drug-likeness (QED) is 0.208. The summed E-state index contributed by atoms with van der Waals surface area (Å²) in [5.74, 6) is -52.3. The first-order valence-corrected chi connectivity index (χ1v) is 6.94. The van der Waals surface area contributed by atoms with Crippen LogP contribution in [-0.2, 0) is 4.74 Å². The molecule has 0 spiro atoms. The van der Waals surface area contributed by atoms with Gasteiger partial charge in [0.15, 0.2) is 0 Å². The molecule has 0 radical (unpaired) electrons. The Morgan fingerprint density at radius 1 is 0.333 bits per heavy atom. The first-order chi connectivity index (χ1) is 13.7. The molecule has 23 heteroatoms. The maximum absolute atomic E-state index is 13.2. The van der Waals surface area contributed by atoms with Crippen molar-refractivity contribution in [3.8, 4) is 0 Å². The fraction of sp³-hybridized carbons (Fsp3) is 1.00. The van der Waals surface area contributed by atoms with Gasteiger partial charge in [-0.25, -0.2) is 4.74 Å². The van der Waals surface area contributed by atoms with Gasteiger partial charge in [0.2, 0.25) is 0 Å². The largest absolute Gasteiger partial charge is 0.483 e. The average molecular weight is 571 g/mol. The normalized spacial score (nSPS) is 16.9. The van der Waals surface area contributed by atoms with Gasteiger partial charge in [-0.05, 0) is 11.6 Å². The van der Waals surface area contributed by atoms with E-state index in [-0.39, 0.29) is 0 Å². The van der Waals surface area contributed by atoms with Gasteiger partial charge in [-0.1, -0.05) is 0 Å². The SMILES string of the molecule is FC(F)(F)C(F)(F)OC(F)(F)C(F)(F)C(F)(F)C(F)(F)C(F)(F)C(F)(F)C(F)(F)C(F)(F)Cl. The van der Waals surface area contributed by atoms with Gasteiger partial charge < -0.3 is 0 Å². The number of rotatable bonds is 9. The third kappa shape index (κ3) is 4.32. The Kier molecular flexibility index (Phi) is 7.36. The number of hydrogen-bond donors (Lipinski definition) is 0. The second-order valence-corrected chi connectivity index (χ2v) is 6.05. The molecule has 0 aromatic carbocycles. The predicted octanol–water partition coefficient (Wildman–Crippen LogP) is 7.39. The topological polar surface area (TPSA) is 9.23 Å². The molecule has 0 atom stereocenters. The fourth-order valence-corrected chi connectivity index (χ4v) is 1.55. The molecule has 0 fully saturated rings. The molecule has 0 rings (SSSR count). The number of halogens is 22. The van der Waals surface area contributed by atoms with Gasteiger partial charge in [0.05, 0.1) is 0 Å². The summed E-state index contributed by atoms with van der Waals surface area (Å²) in [6.45, 7) is 0. The van der Waals surface area contributed by atoms with Crippen molar-refractivity contribution < 1.29 is 96.9 Å². The molecule has 0 saturated heterocycles. The summed E-state index contributed by atoms with van der Waals surface area (Å²) in [6.07, 6.45) is -23.4. The van der Waals surface area contributed by atoms with Gasteiger partial charge in [0.25, 0.3) is 0 Å². The van der Waals surface area contributed by atoms with Crippen LogP contribution in [0.2, 0.25) is 0 Å². The van der Waals surface area contributed by atoms with E-state index in [1.54, 1.807) is 0 Å². The zero-order valence-electron chi connectivity index (χ0n) is 13.7. The highest BCUT2D eigenvalue weighted by Gasteiger charge is 2.95. The molecule has 1 nitrogen and oxygen atoms in total. The van der Waals surface area contributed by atoms with Crippen LogP contribution in [-0.4, -0.2) is 59.3 Å². The molecule has 0 bridgehead atoms. The van der Waals surface area contributed by atoms with Crippen molar-refractivity contribution in [2.45, 2.75) is 59.3 Å². The van der Waals surface area contributed by atoms with Gasteiger partial charge in [-0.15, -0.1) is 0 Å². The minimum absolute atomic E-state index is 0.979. The van der Waals surface area contributed by atoms with Crippen molar-refractivity contribution >= 4 is 11.6 Å². The third-order valence-electron chi connectivity index (χ3n) is 3.28. The number of ether oxygens (including phenoxy) is 1. The second kappa shape index (κ2) is 7.64. The van der Waals surface area contributed by atoms with E-state index in [1.165, 1.54) is 0 Å². The van der Waals surface area contributed by atoms with E-state index in [9.17, 15) is 92.2 Å². The summed E-state index contributed by atoms with van der Waals surface area (Å²) in [7, 11) is 0. The van der Waals surface area contributed by atoms with Crippen molar-refractivity contribution in [2.24, 2.45) is 0 Å². The lowest BCUT2D eigenvalue weighted by Crippen LogP contribution is -2.74. The minimum Gasteiger partial charge on any atom is -0.243 e. The van der Waals surface area contributed by atoms with Crippen molar-refractivity contribution in [2.75, 3.05) is 0 Å². The highest BCUT2D eigenvalue weighted by molar-refractivity contribution is 6.22. The van der Waals surface area contributed by atoms with Gasteiger partial charge >= 0.3 is 59.3 Å². The molecular formula is C10ClF21O. The lowest BCUT2D eigenvalue weighted by atomic mass is 9.91. The van der Waals surface area contributed by atoms with Crippen molar-refractivity contribution in [3.63, 3.8) is 0 Å². The van der Waals surface area contributed by atoms with Crippen LogP contribution in [0.15, 0.2) is 0 Å². The van der Waals surface area contributed by atoms with E-state index in [4.69, 9.17) is 0 Å². The van der Waals surface area contributed by atoms with Gasteiger partial charge in [-0.2, -0.15) is 92.2 Å². The Labute approximate surface area is 169 Å².